The Kier molecular flexibility index (Phi) is 4.78. The number of sulfonamides is 1. The van der Waals surface area contributed by atoms with Gasteiger partial charge < -0.3 is 0 Å². The van der Waals surface area contributed by atoms with Gasteiger partial charge in [0.05, 0.1) is 11.8 Å². The van der Waals surface area contributed by atoms with Crippen LogP contribution in [0, 0.1) is 0 Å². The Morgan fingerprint density at radius 3 is 2.65 bits per heavy atom. The highest BCUT2D eigenvalue weighted by atomic mass is 32.2. The monoisotopic (exact) mass is 330 g/mol. The molecule has 1 unspecified atom stereocenters. The van der Waals surface area contributed by atoms with Gasteiger partial charge in [0.15, 0.2) is 0 Å². The van der Waals surface area contributed by atoms with Crippen LogP contribution in [0.3, 0.4) is 0 Å². The van der Waals surface area contributed by atoms with E-state index in [0.29, 0.717) is 13.0 Å². The van der Waals surface area contributed by atoms with Crippen molar-refractivity contribution in [3.05, 3.63) is 65.5 Å². The Morgan fingerprint density at radius 1 is 1.17 bits per heavy atom. The van der Waals surface area contributed by atoms with Crippen LogP contribution < -0.4 is 0 Å². The van der Waals surface area contributed by atoms with Crippen LogP contribution in [0.25, 0.3) is 0 Å². The zero-order valence-corrected chi connectivity index (χ0v) is 14.2. The van der Waals surface area contributed by atoms with E-state index >= 15 is 0 Å². The summed E-state index contributed by atoms with van der Waals surface area (Å²) in [6.07, 6.45) is 5.79. The van der Waals surface area contributed by atoms with Gasteiger partial charge >= 0.3 is 0 Å². The predicted octanol–water partition coefficient (Wildman–Crippen LogP) is 3.16. The first kappa shape index (κ1) is 16.1. The Morgan fingerprint density at radius 2 is 1.91 bits per heavy atom. The summed E-state index contributed by atoms with van der Waals surface area (Å²) in [6, 6.07) is 11.7. The first-order chi connectivity index (χ1) is 11.1. The molecule has 0 fully saturated rings. The van der Waals surface area contributed by atoms with Gasteiger partial charge in [-0.1, -0.05) is 37.6 Å². The highest BCUT2D eigenvalue weighted by molar-refractivity contribution is 7.89. The summed E-state index contributed by atoms with van der Waals surface area (Å²) in [6.45, 7) is 2.55. The molecule has 0 N–H and O–H groups in total. The molecule has 0 saturated heterocycles. The number of pyridine rings is 1. The topological polar surface area (TPSA) is 50.3 Å². The van der Waals surface area contributed by atoms with Crippen LogP contribution in [-0.2, 0) is 16.4 Å². The predicted molar refractivity (Wildman–Crippen MR) is 91.6 cm³/mol. The molecule has 2 aromatic rings. The molecule has 0 bridgehead atoms. The lowest BCUT2D eigenvalue weighted by molar-refractivity contribution is 0.343. The maximum atomic E-state index is 12.8. The molecule has 5 heteroatoms. The first-order valence-corrected chi connectivity index (χ1v) is 9.71. The van der Waals surface area contributed by atoms with E-state index in [1.165, 1.54) is 5.56 Å². The van der Waals surface area contributed by atoms with E-state index in [4.69, 9.17) is 0 Å². The fourth-order valence-electron chi connectivity index (χ4n) is 3.18. The maximum absolute atomic E-state index is 12.8. The summed E-state index contributed by atoms with van der Waals surface area (Å²) >= 11 is 0. The average Bonchev–Trinajstić information content (AvgIpc) is 2.59. The molecule has 122 valence electrons. The zero-order valence-electron chi connectivity index (χ0n) is 13.4. The third-order valence-corrected chi connectivity index (χ3v) is 6.29. The minimum Gasteiger partial charge on any atom is -0.265 e. The van der Waals surface area contributed by atoms with Gasteiger partial charge in [-0.2, -0.15) is 4.31 Å². The van der Waals surface area contributed by atoms with E-state index in [9.17, 15) is 8.42 Å². The van der Waals surface area contributed by atoms with Crippen molar-refractivity contribution >= 4 is 10.0 Å². The number of rotatable bonds is 5. The first-order valence-electron chi connectivity index (χ1n) is 8.10. The van der Waals surface area contributed by atoms with Crippen LogP contribution in [0.15, 0.2) is 48.8 Å². The molecular formula is C18H22N2O2S. The van der Waals surface area contributed by atoms with Crippen LogP contribution in [0.1, 0.15) is 42.5 Å². The van der Waals surface area contributed by atoms with Crippen LogP contribution in [0.4, 0.5) is 0 Å². The Balaban J connectivity index is 2.06. The summed E-state index contributed by atoms with van der Waals surface area (Å²) in [4.78, 5) is 4.07. The van der Waals surface area contributed by atoms with E-state index in [2.05, 4.69) is 11.1 Å². The Labute approximate surface area is 138 Å². The highest BCUT2D eigenvalue weighted by Gasteiger charge is 2.35. The van der Waals surface area contributed by atoms with Gasteiger partial charge in [0.25, 0.3) is 0 Å². The molecule has 0 saturated carbocycles. The summed E-state index contributed by atoms with van der Waals surface area (Å²) in [5, 5.41) is 0. The smallest absolute Gasteiger partial charge is 0.214 e. The molecule has 1 aliphatic heterocycles. The van der Waals surface area contributed by atoms with Crippen LogP contribution in [0.2, 0.25) is 0 Å². The summed E-state index contributed by atoms with van der Waals surface area (Å²) in [5.41, 5.74) is 3.30. The molecule has 1 aliphatic rings. The van der Waals surface area contributed by atoms with Gasteiger partial charge in [0.1, 0.15) is 0 Å². The van der Waals surface area contributed by atoms with E-state index in [1.807, 2.05) is 37.3 Å². The van der Waals surface area contributed by atoms with Crippen molar-refractivity contribution in [2.24, 2.45) is 0 Å². The second-order valence-electron chi connectivity index (χ2n) is 5.91. The number of hydrogen-bond acceptors (Lipinski definition) is 3. The molecule has 0 radical (unpaired) electrons. The summed E-state index contributed by atoms with van der Waals surface area (Å²) in [7, 11) is -3.27. The van der Waals surface area contributed by atoms with Gasteiger partial charge in [-0.3, -0.25) is 4.98 Å². The molecule has 4 nitrogen and oxygen atoms in total. The molecule has 0 aliphatic carbocycles. The fourth-order valence-corrected chi connectivity index (χ4v) is 4.99. The molecule has 23 heavy (non-hydrogen) atoms. The quantitative estimate of drug-likeness (QED) is 0.846. The van der Waals surface area contributed by atoms with Gasteiger partial charge in [-0.15, -0.1) is 0 Å². The number of nitrogens with zero attached hydrogens (tertiary/aromatic N) is 2. The maximum Gasteiger partial charge on any atom is 0.214 e. The van der Waals surface area contributed by atoms with Crippen molar-refractivity contribution < 1.29 is 8.42 Å². The number of fused-ring (bicyclic) bond motifs is 1. The van der Waals surface area contributed by atoms with Crippen molar-refractivity contribution in [1.82, 2.24) is 9.29 Å². The fraction of sp³-hybridized carbons (Fsp3) is 0.389. The largest absolute Gasteiger partial charge is 0.265 e. The molecule has 2 heterocycles. The standard InChI is InChI=1S/C18H22N2O2S/c1-2-3-14-23(21,22)20-13-10-15-6-4-5-7-17(15)18(20)16-8-11-19-12-9-16/h4-9,11-12,18H,2-3,10,13-14H2,1H3. The lowest BCUT2D eigenvalue weighted by Gasteiger charge is -2.36. The van der Waals surface area contributed by atoms with Gasteiger partial charge in [-0.05, 0) is 41.7 Å². The lowest BCUT2D eigenvalue weighted by Crippen LogP contribution is -2.41. The van der Waals surface area contributed by atoms with E-state index in [1.54, 1.807) is 16.7 Å². The zero-order chi connectivity index (χ0) is 16.3. The number of unbranched alkanes of at least 4 members (excludes halogenated alkanes) is 1. The number of benzene rings is 1. The van der Waals surface area contributed by atoms with Crippen molar-refractivity contribution in [3.63, 3.8) is 0 Å². The lowest BCUT2D eigenvalue weighted by atomic mass is 9.90. The normalized spacial score (nSPS) is 18.6. The molecule has 3 rings (SSSR count). The third kappa shape index (κ3) is 3.31. The molecule has 0 spiro atoms. The Hall–Kier alpha value is -1.72. The van der Waals surface area contributed by atoms with Gasteiger partial charge in [-0.25, -0.2) is 8.42 Å². The minimum atomic E-state index is -3.27. The van der Waals surface area contributed by atoms with E-state index < -0.39 is 10.0 Å². The van der Waals surface area contributed by atoms with Crippen LogP contribution in [-0.4, -0.2) is 30.0 Å². The average molecular weight is 330 g/mol. The summed E-state index contributed by atoms with van der Waals surface area (Å²) in [5.74, 6) is 0.216. The Bertz CT molecular complexity index is 760. The molecular weight excluding hydrogens is 308 g/mol. The minimum absolute atomic E-state index is 0.216. The van der Waals surface area contributed by atoms with Crippen LogP contribution in [0.5, 0.6) is 0 Å². The molecule has 1 atom stereocenters. The van der Waals surface area contributed by atoms with Gasteiger partial charge in [0.2, 0.25) is 10.0 Å². The van der Waals surface area contributed by atoms with Crippen molar-refractivity contribution in [2.45, 2.75) is 32.2 Å². The number of aromatic nitrogens is 1. The van der Waals surface area contributed by atoms with Crippen molar-refractivity contribution in [1.29, 1.82) is 0 Å². The summed E-state index contributed by atoms with van der Waals surface area (Å²) < 4.78 is 27.4. The molecule has 0 amide bonds. The van der Waals surface area contributed by atoms with E-state index in [-0.39, 0.29) is 11.8 Å². The van der Waals surface area contributed by atoms with Crippen molar-refractivity contribution in [2.75, 3.05) is 12.3 Å². The number of hydrogen-bond donors (Lipinski definition) is 0. The van der Waals surface area contributed by atoms with Crippen LogP contribution >= 0.6 is 0 Å². The second-order valence-corrected chi connectivity index (χ2v) is 7.95. The van der Waals surface area contributed by atoms with E-state index in [0.717, 1.165) is 24.0 Å². The van der Waals surface area contributed by atoms with Gasteiger partial charge in [0, 0.05) is 18.9 Å². The SMILES string of the molecule is CCCCS(=O)(=O)N1CCc2ccccc2C1c1ccncc1. The molecule has 1 aromatic carbocycles. The second kappa shape index (κ2) is 6.81. The highest BCUT2D eigenvalue weighted by Crippen LogP contribution is 2.36. The van der Waals surface area contributed by atoms with Crippen molar-refractivity contribution in [3.8, 4) is 0 Å². The third-order valence-electron chi connectivity index (χ3n) is 4.37. The molecule has 1 aromatic heterocycles.